The Morgan fingerprint density at radius 1 is 1.42 bits per heavy atom. The molecule has 12 heavy (non-hydrogen) atoms. The van der Waals surface area contributed by atoms with Crippen LogP contribution in [0.25, 0.3) is 0 Å². The molecule has 0 aromatic rings. The number of nitriles is 1. The van der Waals surface area contributed by atoms with Crippen molar-refractivity contribution in [2.24, 2.45) is 0 Å². The summed E-state index contributed by atoms with van der Waals surface area (Å²) in [4.78, 5) is 0. The Labute approximate surface area is 74.3 Å². The molecule has 0 saturated heterocycles. The topological polar surface area (TPSA) is 35.8 Å². The molecule has 1 saturated carbocycles. The molecule has 2 nitrogen and oxygen atoms in total. The molecule has 0 aliphatic heterocycles. The molecule has 0 aromatic heterocycles. The fraction of sp³-hybridized carbons (Fsp3) is 0.700. The van der Waals surface area contributed by atoms with Gasteiger partial charge in [0.15, 0.2) is 0 Å². The minimum Gasteiger partial charge on any atom is -0.387 e. The second-order valence-electron chi connectivity index (χ2n) is 3.44. The van der Waals surface area contributed by atoms with Gasteiger partial charge in [0.1, 0.15) is 0 Å². The lowest BCUT2D eigenvalue weighted by Gasteiger charge is -2.21. The first-order chi connectivity index (χ1) is 5.83. The molecule has 0 bridgehead atoms. The van der Waals surface area contributed by atoms with Crippen LogP contribution in [0.15, 0.2) is 11.8 Å². The van der Waals surface area contributed by atoms with Crippen molar-refractivity contribution in [2.45, 2.75) is 45.1 Å². The molecule has 66 valence electrons. The van der Waals surface area contributed by atoms with Gasteiger partial charge in [0.2, 0.25) is 0 Å². The van der Waals surface area contributed by atoms with E-state index in [0.29, 0.717) is 6.04 Å². The molecule has 0 heterocycles. The maximum Gasteiger partial charge on any atom is 0.0959 e. The van der Waals surface area contributed by atoms with E-state index in [0.717, 1.165) is 5.57 Å². The zero-order valence-electron chi connectivity index (χ0n) is 7.64. The van der Waals surface area contributed by atoms with E-state index in [1.54, 1.807) is 0 Å². The van der Waals surface area contributed by atoms with Crippen molar-refractivity contribution < 1.29 is 0 Å². The first-order valence-corrected chi connectivity index (χ1v) is 4.66. The molecule has 1 rings (SSSR count). The first kappa shape index (κ1) is 9.12. The fourth-order valence-corrected chi connectivity index (χ4v) is 1.54. The van der Waals surface area contributed by atoms with Gasteiger partial charge in [0.05, 0.1) is 6.07 Å². The van der Waals surface area contributed by atoms with Gasteiger partial charge in [-0.25, -0.2) is 0 Å². The lowest BCUT2D eigenvalue weighted by molar-refractivity contribution is 0.404. The number of rotatable bonds is 2. The van der Waals surface area contributed by atoms with Gasteiger partial charge in [-0.15, -0.1) is 0 Å². The van der Waals surface area contributed by atoms with E-state index in [4.69, 9.17) is 5.26 Å². The highest BCUT2D eigenvalue weighted by atomic mass is 14.9. The van der Waals surface area contributed by atoms with Gasteiger partial charge >= 0.3 is 0 Å². The van der Waals surface area contributed by atoms with Crippen molar-refractivity contribution in [3.05, 3.63) is 11.8 Å². The van der Waals surface area contributed by atoms with Crippen molar-refractivity contribution in [1.82, 2.24) is 5.32 Å². The maximum atomic E-state index is 8.51. The number of nitrogens with zero attached hydrogens (tertiary/aromatic N) is 1. The number of allylic oxidation sites excluding steroid dienone is 1. The Hall–Kier alpha value is -0.970. The van der Waals surface area contributed by atoms with Gasteiger partial charge in [-0.05, 0) is 19.8 Å². The SMILES string of the molecule is C/C(C#N)=C\NC1CCCCC1. The summed E-state index contributed by atoms with van der Waals surface area (Å²) in [6.45, 7) is 1.83. The van der Waals surface area contributed by atoms with Crippen LogP contribution in [-0.2, 0) is 0 Å². The Kier molecular flexibility index (Phi) is 3.66. The molecule has 1 aliphatic carbocycles. The zero-order valence-corrected chi connectivity index (χ0v) is 7.64. The van der Waals surface area contributed by atoms with Crippen LogP contribution >= 0.6 is 0 Å². The number of hydrogen-bond donors (Lipinski definition) is 1. The largest absolute Gasteiger partial charge is 0.387 e. The molecule has 0 atom stereocenters. The van der Waals surface area contributed by atoms with Gasteiger partial charge in [-0.3, -0.25) is 0 Å². The maximum absolute atomic E-state index is 8.51. The molecule has 0 aromatic carbocycles. The monoisotopic (exact) mass is 164 g/mol. The van der Waals surface area contributed by atoms with E-state index < -0.39 is 0 Å². The molecular formula is C10H16N2. The highest BCUT2D eigenvalue weighted by Gasteiger charge is 2.10. The summed E-state index contributed by atoms with van der Waals surface area (Å²) >= 11 is 0. The second-order valence-corrected chi connectivity index (χ2v) is 3.44. The van der Waals surface area contributed by atoms with E-state index in [1.165, 1.54) is 32.1 Å². The van der Waals surface area contributed by atoms with Crippen LogP contribution in [0.5, 0.6) is 0 Å². The minimum atomic E-state index is 0.613. The average molecular weight is 164 g/mol. The van der Waals surface area contributed by atoms with Crippen LogP contribution in [0.2, 0.25) is 0 Å². The first-order valence-electron chi connectivity index (χ1n) is 4.66. The molecule has 1 aliphatic rings. The summed E-state index contributed by atoms with van der Waals surface area (Å²) in [7, 11) is 0. The van der Waals surface area contributed by atoms with Crippen molar-refractivity contribution in [2.75, 3.05) is 0 Å². The third kappa shape index (κ3) is 2.96. The van der Waals surface area contributed by atoms with Gasteiger partial charge in [-0.2, -0.15) is 5.26 Å². The summed E-state index contributed by atoms with van der Waals surface area (Å²) in [6, 6.07) is 2.72. The van der Waals surface area contributed by atoms with Crippen LogP contribution in [0.1, 0.15) is 39.0 Å². The molecule has 1 N–H and O–H groups in total. The molecular weight excluding hydrogens is 148 g/mol. The number of nitrogens with one attached hydrogen (secondary N) is 1. The summed E-state index contributed by atoms with van der Waals surface area (Å²) in [5.41, 5.74) is 0.764. The molecule has 0 radical (unpaired) electrons. The van der Waals surface area contributed by atoms with E-state index in [9.17, 15) is 0 Å². The van der Waals surface area contributed by atoms with Crippen LogP contribution < -0.4 is 5.32 Å². The lowest BCUT2D eigenvalue weighted by Crippen LogP contribution is -2.26. The molecule has 0 spiro atoms. The predicted octanol–water partition coefficient (Wildman–Crippen LogP) is 2.34. The third-order valence-corrected chi connectivity index (χ3v) is 2.32. The predicted molar refractivity (Wildman–Crippen MR) is 49.4 cm³/mol. The van der Waals surface area contributed by atoms with Crippen LogP contribution in [0.4, 0.5) is 0 Å². The fourth-order valence-electron chi connectivity index (χ4n) is 1.54. The smallest absolute Gasteiger partial charge is 0.0959 e. The summed E-state index contributed by atoms with van der Waals surface area (Å²) < 4.78 is 0. The van der Waals surface area contributed by atoms with Crippen LogP contribution in [-0.4, -0.2) is 6.04 Å². The quantitative estimate of drug-likeness (QED) is 0.636. The van der Waals surface area contributed by atoms with Gasteiger partial charge in [0, 0.05) is 17.8 Å². The molecule has 0 unspecified atom stereocenters. The highest BCUT2D eigenvalue weighted by Crippen LogP contribution is 2.17. The third-order valence-electron chi connectivity index (χ3n) is 2.32. The minimum absolute atomic E-state index is 0.613. The van der Waals surface area contributed by atoms with Crippen molar-refractivity contribution in [3.8, 4) is 6.07 Å². The second kappa shape index (κ2) is 4.82. The van der Waals surface area contributed by atoms with E-state index in [1.807, 2.05) is 13.1 Å². The summed E-state index contributed by atoms with van der Waals surface area (Å²) in [5, 5.41) is 11.8. The van der Waals surface area contributed by atoms with Gasteiger partial charge in [-0.1, -0.05) is 19.3 Å². The highest BCUT2D eigenvalue weighted by molar-refractivity contribution is 5.16. The molecule has 2 heteroatoms. The van der Waals surface area contributed by atoms with E-state index >= 15 is 0 Å². The average Bonchev–Trinajstić information content (AvgIpc) is 2.16. The summed E-state index contributed by atoms with van der Waals surface area (Å²) in [6.07, 6.45) is 8.40. The Morgan fingerprint density at radius 2 is 2.08 bits per heavy atom. The summed E-state index contributed by atoms with van der Waals surface area (Å²) in [5.74, 6) is 0. The molecule has 0 amide bonds. The number of hydrogen-bond acceptors (Lipinski definition) is 2. The standard InChI is InChI=1S/C10H16N2/c1-9(7-11)8-12-10-5-3-2-4-6-10/h8,10,12H,2-6H2,1H3/b9-8+. The van der Waals surface area contributed by atoms with Crippen molar-refractivity contribution in [3.63, 3.8) is 0 Å². The van der Waals surface area contributed by atoms with Crippen LogP contribution in [0.3, 0.4) is 0 Å². The normalized spacial score (nSPS) is 20.2. The van der Waals surface area contributed by atoms with Crippen molar-refractivity contribution >= 4 is 0 Å². The van der Waals surface area contributed by atoms with E-state index in [-0.39, 0.29) is 0 Å². The van der Waals surface area contributed by atoms with E-state index in [2.05, 4.69) is 11.4 Å². The Balaban J connectivity index is 2.26. The van der Waals surface area contributed by atoms with Gasteiger partial charge < -0.3 is 5.32 Å². The van der Waals surface area contributed by atoms with Crippen molar-refractivity contribution in [1.29, 1.82) is 5.26 Å². The Morgan fingerprint density at radius 3 is 2.67 bits per heavy atom. The zero-order chi connectivity index (χ0) is 8.81. The van der Waals surface area contributed by atoms with Crippen LogP contribution in [0, 0.1) is 11.3 Å². The van der Waals surface area contributed by atoms with Gasteiger partial charge in [0.25, 0.3) is 0 Å². The molecule has 1 fully saturated rings. The lowest BCUT2D eigenvalue weighted by atomic mass is 9.96. The Bertz CT molecular complexity index is 194.